The number of aromatic nitrogens is 1. The van der Waals surface area contributed by atoms with Crippen molar-refractivity contribution < 1.29 is 4.79 Å². The molecule has 2 aliphatic rings. The number of aryl methyl sites for hydroxylation is 2. The topological polar surface area (TPSA) is 82.4 Å². The SMILES string of the molecule is Cc1cc(=O)[nH]c(C)c1C(=O)N1CC2CN(CC(C)[C@H](N)c3ccccc3)CC2C1. The van der Waals surface area contributed by atoms with Gasteiger partial charge in [0.15, 0.2) is 0 Å². The zero-order chi connectivity index (χ0) is 21.4. The highest BCUT2D eigenvalue weighted by Gasteiger charge is 2.42. The largest absolute Gasteiger partial charge is 0.338 e. The number of benzene rings is 1. The van der Waals surface area contributed by atoms with Gasteiger partial charge < -0.3 is 20.5 Å². The van der Waals surface area contributed by atoms with E-state index in [0.29, 0.717) is 29.0 Å². The molecule has 1 amide bonds. The standard InChI is InChI=1S/C24H32N4O2/c1-15-9-21(29)26-17(3)22(15)24(30)28-13-19-11-27(12-20(19)14-28)10-16(2)23(25)18-7-5-4-6-8-18/h4-9,16,19-20,23H,10-14,25H2,1-3H3,(H,26,29)/t16?,19?,20?,23-/m0/s1. The number of pyridine rings is 1. The summed E-state index contributed by atoms with van der Waals surface area (Å²) in [6.45, 7) is 10.5. The third kappa shape index (κ3) is 4.07. The average Bonchev–Trinajstić information content (AvgIpc) is 3.25. The number of amides is 1. The zero-order valence-corrected chi connectivity index (χ0v) is 18.1. The second kappa shape index (κ2) is 8.36. The van der Waals surface area contributed by atoms with Crippen LogP contribution in [0.2, 0.25) is 0 Å². The molecule has 3 unspecified atom stereocenters. The van der Waals surface area contributed by atoms with E-state index in [0.717, 1.165) is 38.3 Å². The number of carbonyl (C=O) groups is 1. The number of H-pyrrole nitrogens is 1. The van der Waals surface area contributed by atoms with Gasteiger partial charge in [-0.2, -0.15) is 0 Å². The number of likely N-dealkylation sites (tertiary alicyclic amines) is 2. The van der Waals surface area contributed by atoms with Gasteiger partial charge in [-0.05, 0) is 42.7 Å². The lowest BCUT2D eigenvalue weighted by Crippen LogP contribution is -2.37. The Kier molecular flexibility index (Phi) is 5.80. The number of aromatic amines is 1. The van der Waals surface area contributed by atoms with Crippen LogP contribution in [0.1, 0.15) is 40.1 Å². The predicted molar refractivity (Wildman–Crippen MR) is 118 cm³/mol. The van der Waals surface area contributed by atoms with Crippen LogP contribution in [0.3, 0.4) is 0 Å². The van der Waals surface area contributed by atoms with Crippen LogP contribution < -0.4 is 11.3 Å². The van der Waals surface area contributed by atoms with E-state index in [1.165, 1.54) is 11.6 Å². The van der Waals surface area contributed by atoms with E-state index in [2.05, 4.69) is 28.9 Å². The zero-order valence-electron chi connectivity index (χ0n) is 18.1. The predicted octanol–water partition coefficient (Wildman–Crippen LogP) is 2.33. The van der Waals surface area contributed by atoms with Crippen molar-refractivity contribution in [3.05, 3.63) is 69.1 Å². The Balaban J connectivity index is 1.35. The number of fused-ring (bicyclic) bond motifs is 1. The number of hydrogen-bond donors (Lipinski definition) is 2. The first-order valence-electron chi connectivity index (χ1n) is 10.9. The Morgan fingerprint density at radius 2 is 1.77 bits per heavy atom. The third-order valence-electron chi connectivity index (χ3n) is 6.83. The van der Waals surface area contributed by atoms with Gasteiger partial charge in [0.2, 0.25) is 5.56 Å². The van der Waals surface area contributed by atoms with Crippen LogP contribution >= 0.6 is 0 Å². The van der Waals surface area contributed by atoms with Crippen LogP contribution in [0.4, 0.5) is 0 Å². The molecule has 2 aromatic rings. The van der Waals surface area contributed by atoms with Gasteiger partial charge in [0.1, 0.15) is 0 Å². The summed E-state index contributed by atoms with van der Waals surface area (Å²) >= 11 is 0. The van der Waals surface area contributed by atoms with Crippen molar-refractivity contribution in [2.75, 3.05) is 32.7 Å². The summed E-state index contributed by atoms with van der Waals surface area (Å²) in [4.78, 5) is 32.0. The highest BCUT2D eigenvalue weighted by molar-refractivity contribution is 5.96. The fourth-order valence-corrected chi connectivity index (χ4v) is 5.26. The van der Waals surface area contributed by atoms with Gasteiger partial charge in [0, 0.05) is 50.5 Å². The van der Waals surface area contributed by atoms with Gasteiger partial charge in [0.05, 0.1) is 5.56 Å². The van der Waals surface area contributed by atoms with E-state index in [-0.39, 0.29) is 17.5 Å². The van der Waals surface area contributed by atoms with Crippen LogP contribution in [0, 0.1) is 31.6 Å². The maximum absolute atomic E-state index is 13.1. The van der Waals surface area contributed by atoms with Gasteiger partial charge in [-0.25, -0.2) is 0 Å². The highest BCUT2D eigenvalue weighted by Crippen LogP contribution is 2.33. The molecule has 0 saturated carbocycles. The minimum atomic E-state index is -0.154. The second-order valence-electron chi connectivity index (χ2n) is 9.18. The van der Waals surface area contributed by atoms with Crippen LogP contribution in [0.15, 0.2) is 41.2 Å². The van der Waals surface area contributed by atoms with E-state index in [1.807, 2.05) is 30.0 Å². The first-order valence-corrected chi connectivity index (χ1v) is 10.9. The van der Waals surface area contributed by atoms with E-state index in [9.17, 15) is 9.59 Å². The maximum atomic E-state index is 13.1. The summed E-state index contributed by atoms with van der Waals surface area (Å²) in [6.07, 6.45) is 0. The molecule has 2 fully saturated rings. The Hall–Kier alpha value is -2.44. The molecular formula is C24H32N4O2. The molecule has 4 atom stereocenters. The minimum absolute atomic E-state index is 0.0379. The Morgan fingerprint density at radius 1 is 1.13 bits per heavy atom. The number of nitrogens with zero attached hydrogens (tertiary/aromatic N) is 2. The lowest BCUT2D eigenvalue weighted by Gasteiger charge is -2.27. The van der Waals surface area contributed by atoms with Gasteiger partial charge in [-0.3, -0.25) is 9.59 Å². The number of rotatable bonds is 5. The summed E-state index contributed by atoms with van der Waals surface area (Å²) in [5.74, 6) is 1.44. The second-order valence-corrected chi connectivity index (χ2v) is 9.18. The van der Waals surface area contributed by atoms with Gasteiger partial charge in [-0.1, -0.05) is 37.3 Å². The quantitative estimate of drug-likeness (QED) is 0.796. The molecule has 2 saturated heterocycles. The van der Waals surface area contributed by atoms with Crippen LogP contribution in [-0.2, 0) is 0 Å². The van der Waals surface area contributed by atoms with Crippen molar-refractivity contribution in [1.82, 2.24) is 14.8 Å². The Labute approximate surface area is 178 Å². The Bertz CT molecular complexity index is 931. The monoisotopic (exact) mass is 408 g/mol. The van der Waals surface area contributed by atoms with E-state index < -0.39 is 0 Å². The van der Waals surface area contributed by atoms with Crippen molar-refractivity contribution >= 4 is 5.91 Å². The lowest BCUT2D eigenvalue weighted by atomic mass is 9.95. The van der Waals surface area contributed by atoms with E-state index >= 15 is 0 Å². The first kappa shape index (κ1) is 20.8. The Morgan fingerprint density at radius 3 is 2.37 bits per heavy atom. The molecule has 160 valence electrons. The van der Waals surface area contributed by atoms with Gasteiger partial charge in [-0.15, -0.1) is 0 Å². The molecule has 2 aliphatic heterocycles. The smallest absolute Gasteiger partial charge is 0.255 e. The van der Waals surface area contributed by atoms with Crippen molar-refractivity contribution in [3.63, 3.8) is 0 Å². The normalized spacial score (nSPS) is 23.4. The van der Waals surface area contributed by atoms with E-state index in [1.54, 1.807) is 6.92 Å². The molecule has 1 aromatic heterocycles. The average molecular weight is 409 g/mol. The van der Waals surface area contributed by atoms with Crippen molar-refractivity contribution in [3.8, 4) is 0 Å². The number of nitrogens with one attached hydrogen (secondary N) is 1. The molecule has 0 bridgehead atoms. The van der Waals surface area contributed by atoms with E-state index in [4.69, 9.17) is 5.73 Å². The molecule has 6 heteroatoms. The number of hydrogen-bond acceptors (Lipinski definition) is 4. The molecule has 3 N–H and O–H groups in total. The molecular weight excluding hydrogens is 376 g/mol. The molecule has 0 radical (unpaired) electrons. The van der Waals surface area contributed by atoms with Crippen LogP contribution in [0.25, 0.3) is 0 Å². The molecule has 3 heterocycles. The third-order valence-corrected chi connectivity index (χ3v) is 6.83. The molecule has 0 spiro atoms. The van der Waals surface area contributed by atoms with Gasteiger partial charge in [0.25, 0.3) is 5.91 Å². The number of carbonyl (C=O) groups excluding carboxylic acids is 1. The maximum Gasteiger partial charge on any atom is 0.255 e. The first-order chi connectivity index (χ1) is 14.3. The fourth-order valence-electron chi connectivity index (χ4n) is 5.26. The fraction of sp³-hybridized carbons (Fsp3) is 0.500. The van der Waals surface area contributed by atoms with Crippen molar-refractivity contribution in [2.24, 2.45) is 23.5 Å². The molecule has 30 heavy (non-hydrogen) atoms. The molecule has 6 nitrogen and oxygen atoms in total. The summed E-state index contributed by atoms with van der Waals surface area (Å²) < 4.78 is 0. The summed E-state index contributed by atoms with van der Waals surface area (Å²) in [5, 5.41) is 0. The molecule has 4 rings (SSSR count). The van der Waals surface area contributed by atoms with Gasteiger partial charge >= 0.3 is 0 Å². The van der Waals surface area contributed by atoms with Crippen LogP contribution in [0.5, 0.6) is 0 Å². The highest BCUT2D eigenvalue weighted by atomic mass is 16.2. The molecule has 1 aromatic carbocycles. The van der Waals surface area contributed by atoms with Crippen LogP contribution in [-0.4, -0.2) is 53.4 Å². The van der Waals surface area contributed by atoms with Crippen molar-refractivity contribution in [1.29, 1.82) is 0 Å². The number of nitrogens with two attached hydrogens (primary N) is 1. The lowest BCUT2D eigenvalue weighted by molar-refractivity contribution is 0.0770. The van der Waals surface area contributed by atoms with Crippen molar-refractivity contribution in [2.45, 2.75) is 26.8 Å². The molecule has 0 aliphatic carbocycles. The summed E-state index contributed by atoms with van der Waals surface area (Å²) in [7, 11) is 0. The summed E-state index contributed by atoms with van der Waals surface area (Å²) in [6, 6.07) is 11.9. The minimum Gasteiger partial charge on any atom is -0.338 e. The summed E-state index contributed by atoms with van der Waals surface area (Å²) in [5.41, 5.74) is 9.59.